The zero-order valence-electron chi connectivity index (χ0n) is 7.97. The molecule has 5 heteroatoms. The first-order valence-electron chi connectivity index (χ1n) is 4.79. The summed E-state index contributed by atoms with van der Waals surface area (Å²) in [5.74, 6) is 0.731. The van der Waals surface area contributed by atoms with E-state index in [4.69, 9.17) is 0 Å². The molecule has 1 aliphatic heterocycles. The van der Waals surface area contributed by atoms with Crippen molar-refractivity contribution >= 4 is 16.9 Å². The van der Waals surface area contributed by atoms with Crippen molar-refractivity contribution in [3.63, 3.8) is 0 Å². The highest BCUT2D eigenvalue weighted by molar-refractivity contribution is 5.85. The average molecular weight is 204 g/mol. The van der Waals surface area contributed by atoms with Crippen LogP contribution >= 0.6 is 0 Å². The molecule has 0 amide bonds. The Kier molecular flexibility index (Phi) is 1.77. The fourth-order valence-corrected chi connectivity index (χ4v) is 1.71. The van der Waals surface area contributed by atoms with Crippen LogP contribution < -0.4 is 4.90 Å². The van der Waals surface area contributed by atoms with Crippen LogP contribution in [0.4, 0.5) is 10.2 Å². The first-order chi connectivity index (χ1) is 7.34. The number of fused-ring (bicyclic) bond motifs is 1. The molecular weight excluding hydrogens is 195 g/mol. The quantitative estimate of drug-likeness (QED) is 0.699. The van der Waals surface area contributed by atoms with Gasteiger partial charge in [0.2, 0.25) is 0 Å². The Hall–Kier alpha value is -1.78. The third-order valence-electron chi connectivity index (χ3n) is 2.51. The van der Waals surface area contributed by atoms with Crippen LogP contribution in [-0.4, -0.2) is 34.2 Å². The summed E-state index contributed by atoms with van der Waals surface area (Å²) in [5.41, 5.74) is 1.54. The fourth-order valence-electron chi connectivity index (χ4n) is 1.71. The van der Waals surface area contributed by atoms with E-state index < -0.39 is 6.17 Å². The number of hydrogen-bond donors (Lipinski definition) is 0. The Morgan fingerprint density at radius 2 is 2.13 bits per heavy atom. The molecule has 0 atom stereocenters. The predicted octanol–water partition coefficient (Wildman–Crippen LogP) is 1.18. The Morgan fingerprint density at radius 1 is 1.27 bits per heavy atom. The number of halogens is 1. The van der Waals surface area contributed by atoms with Crippen molar-refractivity contribution in [1.82, 2.24) is 15.0 Å². The molecule has 1 aliphatic rings. The SMILES string of the molecule is FC1CN(c2ncnc3cccnc23)C1. The van der Waals surface area contributed by atoms with E-state index in [0.717, 1.165) is 16.9 Å². The molecular formula is C10H9FN4. The molecule has 15 heavy (non-hydrogen) atoms. The molecule has 3 rings (SSSR count). The fraction of sp³-hybridized carbons (Fsp3) is 0.300. The molecule has 0 bridgehead atoms. The van der Waals surface area contributed by atoms with E-state index in [1.807, 2.05) is 17.0 Å². The van der Waals surface area contributed by atoms with Gasteiger partial charge >= 0.3 is 0 Å². The molecule has 2 aromatic heterocycles. The van der Waals surface area contributed by atoms with Crippen LogP contribution in [0, 0.1) is 0 Å². The lowest BCUT2D eigenvalue weighted by Gasteiger charge is -2.35. The molecule has 2 aromatic rings. The second-order valence-electron chi connectivity index (χ2n) is 3.57. The average Bonchev–Trinajstić information content (AvgIpc) is 2.24. The van der Waals surface area contributed by atoms with Gasteiger partial charge < -0.3 is 4.90 Å². The summed E-state index contributed by atoms with van der Waals surface area (Å²) in [6, 6.07) is 3.70. The second-order valence-corrected chi connectivity index (χ2v) is 3.57. The van der Waals surface area contributed by atoms with Crippen LogP contribution in [0.1, 0.15) is 0 Å². The summed E-state index contributed by atoms with van der Waals surface area (Å²) in [6.45, 7) is 0.811. The van der Waals surface area contributed by atoms with Crippen LogP contribution in [0.3, 0.4) is 0 Å². The van der Waals surface area contributed by atoms with Gasteiger partial charge in [-0.3, -0.25) is 4.98 Å². The van der Waals surface area contributed by atoms with Crippen molar-refractivity contribution in [3.8, 4) is 0 Å². The van der Waals surface area contributed by atoms with E-state index in [1.54, 1.807) is 6.20 Å². The Balaban J connectivity index is 2.10. The highest BCUT2D eigenvalue weighted by atomic mass is 19.1. The third-order valence-corrected chi connectivity index (χ3v) is 2.51. The molecule has 1 fully saturated rings. The number of pyridine rings is 1. The van der Waals surface area contributed by atoms with Gasteiger partial charge in [0, 0.05) is 6.20 Å². The third kappa shape index (κ3) is 1.31. The normalized spacial score (nSPS) is 16.7. The molecule has 0 N–H and O–H groups in total. The van der Waals surface area contributed by atoms with Crippen molar-refractivity contribution < 1.29 is 4.39 Å². The van der Waals surface area contributed by atoms with E-state index in [0.29, 0.717) is 13.1 Å². The highest BCUT2D eigenvalue weighted by Gasteiger charge is 2.28. The van der Waals surface area contributed by atoms with Crippen molar-refractivity contribution in [3.05, 3.63) is 24.7 Å². The van der Waals surface area contributed by atoms with E-state index in [9.17, 15) is 4.39 Å². The van der Waals surface area contributed by atoms with Crippen molar-refractivity contribution in [2.45, 2.75) is 6.17 Å². The van der Waals surface area contributed by atoms with Gasteiger partial charge in [-0.05, 0) is 12.1 Å². The topological polar surface area (TPSA) is 41.9 Å². The van der Waals surface area contributed by atoms with Gasteiger partial charge in [0.25, 0.3) is 0 Å². The van der Waals surface area contributed by atoms with Crippen LogP contribution in [-0.2, 0) is 0 Å². The summed E-state index contributed by atoms with van der Waals surface area (Å²) in [5, 5.41) is 0. The number of anilines is 1. The van der Waals surface area contributed by atoms with E-state index in [1.165, 1.54) is 6.33 Å². The van der Waals surface area contributed by atoms with Crippen LogP contribution in [0.25, 0.3) is 11.0 Å². The number of hydrogen-bond acceptors (Lipinski definition) is 4. The molecule has 0 saturated carbocycles. The molecule has 0 radical (unpaired) electrons. The van der Waals surface area contributed by atoms with E-state index in [-0.39, 0.29) is 0 Å². The molecule has 4 nitrogen and oxygen atoms in total. The lowest BCUT2D eigenvalue weighted by atomic mass is 10.2. The number of nitrogens with zero attached hydrogens (tertiary/aromatic N) is 4. The maximum atomic E-state index is 12.7. The van der Waals surface area contributed by atoms with Gasteiger partial charge in [0.15, 0.2) is 5.82 Å². The van der Waals surface area contributed by atoms with Crippen LogP contribution in [0.2, 0.25) is 0 Å². The zero-order valence-corrected chi connectivity index (χ0v) is 7.97. The van der Waals surface area contributed by atoms with Gasteiger partial charge in [-0.2, -0.15) is 0 Å². The maximum absolute atomic E-state index is 12.7. The second kappa shape index (κ2) is 3.12. The molecule has 0 aliphatic carbocycles. The van der Waals surface area contributed by atoms with Crippen LogP contribution in [0.5, 0.6) is 0 Å². The van der Waals surface area contributed by atoms with Gasteiger partial charge in [0.1, 0.15) is 18.0 Å². The minimum Gasteiger partial charge on any atom is -0.349 e. The molecule has 1 saturated heterocycles. The Bertz CT molecular complexity index is 490. The molecule has 76 valence electrons. The van der Waals surface area contributed by atoms with Gasteiger partial charge in [-0.15, -0.1) is 0 Å². The summed E-state index contributed by atoms with van der Waals surface area (Å²) in [7, 11) is 0. The molecule has 0 aromatic carbocycles. The smallest absolute Gasteiger partial charge is 0.158 e. The molecule has 3 heterocycles. The predicted molar refractivity (Wildman–Crippen MR) is 54.4 cm³/mol. The van der Waals surface area contributed by atoms with Crippen molar-refractivity contribution in [1.29, 1.82) is 0 Å². The lowest BCUT2D eigenvalue weighted by Crippen LogP contribution is -2.49. The first-order valence-corrected chi connectivity index (χ1v) is 4.79. The summed E-state index contributed by atoms with van der Waals surface area (Å²) >= 11 is 0. The van der Waals surface area contributed by atoms with Crippen molar-refractivity contribution in [2.75, 3.05) is 18.0 Å². The van der Waals surface area contributed by atoms with Gasteiger partial charge in [-0.1, -0.05) is 0 Å². The van der Waals surface area contributed by atoms with Crippen LogP contribution in [0.15, 0.2) is 24.7 Å². The van der Waals surface area contributed by atoms with E-state index in [2.05, 4.69) is 15.0 Å². The summed E-state index contributed by atoms with van der Waals surface area (Å²) < 4.78 is 12.7. The first kappa shape index (κ1) is 8.52. The minimum atomic E-state index is -0.737. The lowest BCUT2D eigenvalue weighted by molar-refractivity contribution is 0.274. The van der Waals surface area contributed by atoms with Gasteiger partial charge in [0.05, 0.1) is 18.6 Å². The van der Waals surface area contributed by atoms with E-state index >= 15 is 0 Å². The number of alkyl halides is 1. The van der Waals surface area contributed by atoms with Crippen molar-refractivity contribution in [2.24, 2.45) is 0 Å². The summed E-state index contributed by atoms with van der Waals surface area (Å²) in [4.78, 5) is 14.4. The standard InChI is InChI=1S/C10H9FN4/c11-7-4-15(5-7)10-9-8(13-6-14-10)2-1-3-12-9/h1-3,6-7H,4-5H2. The molecule has 0 unspecified atom stereocenters. The number of aromatic nitrogens is 3. The number of rotatable bonds is 1. The highest BCUT2D eigenvalue weighted by Crippen LogP contribution is 2.25. The van der Waals surface area contributed by atoms with Gasteiger partial charge in [-0.25, -0.2) is 14.4 Å². The summed E-state index contributed by atoms with van der Waals surface area (Å²) in [6.07, 6.45) is 2.45. The zero-order chi connectivity index (χ0) is 10.3. The monoisotopic (exact) mass is 204 g/mol. The minimum absolute atomic E-state index is 0.405. The Morgan fingerprint density at radius 3 is 2.93 bits per heavy atom. The largest absolute Gasteiger partial charge is 0.349 e. The molecule has 0 spiro atoms. The maximum Gasteiger partial charge on any atom is 0.158 e. The Labute approximate surface area is 85.8 Å².